The quantitative estimate of drug-likeness (QED) is 0.346. The molecule has 0 spiro atoms. The van der Waals surface area contributed by atoms with Gasteiger partial charge in [-0.1, -0.05) is 58.2 Å². The Morgan fingerprint density at radius 3 is 2.30 bits per heavy atom. The molecule has 0 saturated heterocycles. The minimum atomic E-state index is -1.01. The highest BCUT2D eigenvalue weighted by Crippen LogP contribution is 2.51. The van der Waals surface area contributed by atoms with Crippen molar-refractivity contribution in [2.45, 2.75) is 18.9 Å². The van der Waals surface area contributed by atoms with E-state index in [1.165, 1.54) is 0 Å². The number of aromatic carboxylic acids is 1. The van der Waals surface area contributed by atoms with Gasteiger partial charge in [-0.2, -0.15) is 0 Å². The van der Waals surface area contributed by atoms with Gasteiger partial charge in [-0.15, -0.1) is 0 Å². The van der Waals surface area contributed by atoms with E-state index < -0.39 is 5.97 Å². The Hall–Kier alpha value is -2.41. The largest absolute Gasteiger partial charge is 0.493 e. The lowest BCUT2D eigenvalue weighted by Crippen LogP contribution is -2.32. The van der Waals surface area contributed by atoms with E-state index in [1.54, 1.807) is 26.4 Å². The Bertz CT molecular complexity index is 1230. The van der Waals surface area contributed by atoms with Crippen LogP contribution in [0.2, 0.25) is 10.0 Å². The smallest absolute Gasteiger partial charge is 0.337 e. The standard InChI is InChI=1S/C25H22BrCl2NO4/c1-12-22(13-5-7-20(32-2)21(9-13)33-3)16-10-15(26)11-17(25(30)31)24(16)29-23(12)14-4-6-18(27)19(28)8-14/h4-12,22-23,29H,1-3H3,(H,30,31)/t12-,22+,23+/m0/s1. The number of methoxy groups -OCH3 is 2. The Labute approximate surface area is 210 Å². The number of carboxylic acids is 1. The van der Waals surface area contributed by atoms with Crippen LogP contribution in [0.3, 0.4) is 0 Å². The molecule has 0 radical (unpaired) electrons. The molecule has 1 aliphatic heterocycles. The number of hydrogen-bond donors (Lipinski definition) is 2. The highest BCUT2D eigenvalue weighted by atomic mass is 79.9. The first-order chi connectivity index (χ1) is 15.7. The molecular weight excluding hydrogens is 529 g/mol. The van der Waals surface area contributed by atoms with Gasteiger partial charge in [-0.25, -0.2) is 4.79 Å². The first kappa shape index (κ1) is 23.7. The van der Waals surface area contributed by atoms with Gasteiger partial charge in [-0.05, 0) is 59.0 Å². The van der Waals surface area contributed by atoms with Crippen molar-refractivity contribution in [3.63, 3.8) is 0 Å². The van der Waals surface area contributed by atoms with Crippen LogP contribution >= 0.6 is 39.1 Å². The number of nitrogens with one attached hydrogen (secondary N) is 1. The van der Waals surface area contributed by atoms with Gasteiger partial charge in [0.25, 0.3) is 0 Å². The maximum atomic E-state index is 12.1. The molecule has 0 saturated carbocycles. The summed E-state index contributed by atoms with van der Waals surface area (Å²) in [6.45, 7) is 2.13. The summed E-state index contributed by atoms with van der Waals surface area (Å²) in [5.41, 5.74) is 3.58. The summed E-state index contributed by atoms with van der Waals surface area (Å²) in [6, 6.07) is 14.7. The van der Waals surface area contributed by atoms with Crippen molar-refractivity contribution in [3.05, 3.63) is 85.3 Å². The van der Waals surface area contributed by atoms with Crippen molar-refractivity contribution >= 4 is 50.8 Å². The molecule has 3 aromatic rings. The molecule has 3 aromatic carbocycles. The average molecular weight is 551 g/mol. The maximum Gasteiger partial charge on any atom is 0.337 e. The van der Waals surface area contributed by atoms with Crippen LogP contribution in [0.4, 0.5) is 5.69 Å². The molecule has 0 bridgehead atoms. The first-order valence-electron chi connectivity index (χ1n) is 10.2. The van der Waals surface area contributed by atoms with Crippen LogP contribution in [-0.2, 0) is 0 Å². The molecule has 33 heavy (non-hydrogen) atoms. The lowest BCUT2D eigenvalue weighted by Gasteiger charge is -2.40. The highest BCUT2D eigenvalue weighted by Gasteiger charge is 2.38. The van der Waals surface area contributed by atoms with E-state index in [4.69, 9.17) is 32.7 Å². The number of ether oxygens (including phenoxy) is 2. The zero-order chi connectivity index (χ0) is 23.9. The molecule has 0 aliphatic carbocycles. The zero-order valence-corrected chi connectivity index (χ0v) is 21.3. The molecule has 8 heteroatoms. The van der Waals surface area contributed by atoms with Crippen LogP contribution in [0.5, 0.6) is 11.5 Å². The zero-order valence-electron chi connectivity index (χ0n) is 18.2. The van der Waals surface area contributed by atoms with Crippen molar-refractivity contribution in [1.82, 2.24) is 0 Å². The van der Waals surface area contributed by atoms with Crippen molar-refractivity contribution < 1.29 is 19.4 Å². The number of halogens is 3. The van der Waals surface area contributed by atoms with Gasteiger partial charge in [0.2, 0.25) is 0 Å². The van der Waals surface area contributed by atoms with Crippen LogP contribution in [0.1, 0.15) is 45.9 Å². The van der Waals surface area contributed by atoms with E-state index in [2.05, 4.69) is 28.2 Å². The molecule has 5 nitrogen and oxygen atoms in total. The average Bonchev–Trinajstić information content (AvgIpc) is 2.79. The van der Waals surface area contributed by atoms with Gasteiger partial charge < -0.3 is 19.9 Å². The number of carbonyl (C=O) groups is 1. The maximum absolute atomic E-state index is 12.1. The minimum Gasteiger partial charge on any atom is -0.493 e. The summed E-state index contributed by atoms with van der Waals surface area (Å²) in [7, 11) is 3.19. The van der Waals surface area contributed by atoms with E-state index in [1.807, 2.05) is 36.4 Å². The van der Waals surface area contributed by atoms with Crippen molar-refractivity contribution in [3.8, 4) is 11.5 Å². The third kappa shape index (κ3) is 4.39. The van der Waals surface area contributed by atoms with Gasteiger partial charge in [-0.3, -0.25) is 0 Å². The molecular formula is C25H22BrCl2NO4. The Morgan fingerprint density at radius 2 is 1.67 bits per heavy atom. The summed E-state index contributed by atoms with van der Waals surface area (Å²) >= 11 is 16.0. The Balaban J connectivity index is 1.94. The Morgan fingerprint density at radius 1 is 0.970 bits per heavy atom. The summed E-state index contributed by atoms with van der Waals surface area (Å²) < 4.78 is 11.7. The fourth-order valence-corrected chi connectivity index (χ4v) is 5.37. The highest BCUT2D eigenvalue weighted by molar-refractivity contribution is 9.10. The molecule has 0 fully saturated rings. The second-order valence-electron chi connectivity index (χ2n) is 7.97. The van der Waals surface area contributed by atoms with E-state index >= 15 is 0 Å². The van der Waals surface area contributed by atoms with Gasteiger partial charge in [0.1, 0.15) is 0 Å². The number of carboxylic acid groups (broad SMARTS) is 1. The molecule has 0 aromatic heterocycles. The van der Waals surface area contributed by atoms with E-state index in [0.717, 1.165) is 16.7 Å². The van der Waals surface area contributed by atoms with Gasteiger partial charge in [0.15, 0.2) is 11.5 Å². The van der Waals surface area contributed by atoms with Crippen molar-refractivity contribution in [2.75, 3.05) is 19.5 Å². The van der Waals surface area contributed by atoms with Crippen LogP contribution in [0.25, 0.3) is 0 Å². The van der Waals surface area contributed by atoms with Gasteiger partial charge in [0.05, 0.1) is 41.6 Å². The van der Waals surface area contributed by atoms with Crippen LogP contribution in [0, 0.1) is 5.92 Å². The third-order valence-electron chi connectivity index (χ3n) is 6.12. The molecule has 1 aliphatic rings. The fourth-order valence-electron chi connectivity index (χ4n) is 4.59. The van der Waals surface area contributed by atoms with E-state index in [0.29, 0.717) is 31.7 Å². The topological polar surface area (TPSA) is 67.8 Å². The van der Waals surface area contributed by atoms with E-state index in [-0.39, 0.29) is 23.4 Å². The van der Waals surface area contributed by atoms with Gasteiger partial charge in [0, 0.05) is 10.4 Å². The number of hydrogen-bond acceptors (Lipinski definition) is 4. The van der Waals surface area contributed by atoms with Crippen LogP contribution in [0.15, 0.2) is 53.0 Å². The number of fused-ring (bicyclic) bond motifs is 1. The lowest BCUT2D eigenvalue weighted by molar-refractivity contribution is 0.0697. The SMILES string of the molecule is COc1ccc([C@@H]2c3cc(Br)cc(C(=O)O)c3N[C@@H](c3ccc(Cl)c(Cl)c3)[C@H]2C)cc1OC. The number of anilines is 1. The molecule has 3 atom stereocenters. The molecule has 0 amide bonds. The second-order valence-corrected chi connectivity index (χ2v) is 9.70. The minimum absolute atomic E-state index is 0.0313. The summed E-state index contributed by atoms with van der Waals surface area (Å²) in [6.07, 6.45) is 0. The predicted octanol–water partition coefficient (Wildman–Crippen LogP) is 7.41. The normalized spacial score (nSPS) is 19.4. The number of benzene rings is 3. The Kier molecular flexibility index (Phi) is 6.80. The molecule has 2 N–H and O–H groups in total. The van der Waals surface area contributed by atoms with Crippen LogP contribution in [-0.4, -0.2) is 25.3 Å². The molecule has 1 heterocycles. The van der Waals surface area contributed by atoms with Gasteiger partial charge >= 0.3 is 5.97 Å². The third-order valence-corrected chi connectivity index (χ3v) is 7.32. The van der Waals surface area contributed by atoms with E-state index in [9.17, 15) is 9.90 Å². The molecule has 0 unspecified atom stereocenters. The number of rotatable bonds is 5. The summed E-state index contributed by atoms with van der Waals surface area (Å²) in [4.78, 5) is 12.1. The second kappa shape index (κ2) is 9.45. The lowest BCUT2D eigenvalue weighted by atomic mass is 9.72. The van der Waals surface area contributed by atoms with Crippen molar-refractivity contribution in [1.29, 1.82) is 0 Å². The summed E-state index contributed by atoms with van der Waals surface area (Å²) in [5, 5.41) is 14.3. The predicted molar refractivity (Wildman–Crippen MR) is 134 cm³/mol. The fraction of sp³-hybridized carbons (Fsp3) is 0.240. The molecule has 172 valence electrons. The molecule has 4 rings (SSSR count). The monoisotopic (exact) mass is 549 g/mol. The summed E-state index contributed by atoms with van der Waals surface area (Å²) in [5.74, 6) is 0.139. The first-order valence-corrected chi connectivity index (χ1v) is 11.8. The van der Waals surface area contributed by atoms with Crippen LogP contribution < -0.4 is 14.8 Å². The van der Waals surface area contributed by atoms with Crippen molar-refractivity contribution in [2.24, 2.45) is 5.92 Å².